The molecule has 0 fully saturated rings. The van der Waals surface area contributed by atoms with Crippen LogP contribution in [0.1, 0.15) is 30.1 Å². The van der Waals surface area contributed by atoms with Crippen LogP contribution in [0.25, 0.3) is 0 Å². The van der Waals surface area contributed by atoms with Crippen molar-refractivity contribution in [1.29, 1.82) is 5.26 Å². The molecule has 2 rings (SSSR count). The predicted molar refractivity (Wildman–Crippen MR) is 79.3 cm³/mol. The minimum Gasteiger partial charge on any atom is -0.497 e. The van der Waals surface area contributed by atoms with Crippen molar-refractivity contribution in [3.05, 3.63) is 65.7 Å². The fourth-order valence-electron chi connectivity index (χ4n) is 2.09. The molecule has 0 radical (unpaired) electrons. The molecule has 2 aromatic rings. The number of benzene rings is 2. The van der Waals surface area contributed by atoms with E-state index in [1.165, 1.54) is 5.56 Å². The lowest BCUT2D eigenvalue weighted by atomic mass is 10.0. The number of methoxy groups -OCH3 is 1. The van der Waals surface area contributed by atoms with Crippen LogP contribution in [-0.2, 0) is 0 Å². The number of nitrogens with one attached hydrogen (secondary N) is 1. The number of nitriles is 1. The predicted octanol–water partition coefficient (Wildman–Crippen LogP) is 3.61. The monoisotopic (exact) mass is 266 g/mol. The first-order chi connectivity index (χ1) is 9.74. The summed E-state index contributed by atoms with van der Waals surface area (Å²) in [5.74, 6) is 0.793. The number of hydrogen-bond acceptors (Lipinski definition) is 3. The van der Waals surface area contributed by atoms with Gasteiger partial charge >= 0.3 is 0 Å². The largest absolute Gasteiger partial charge is 0.497 e. The molecule has 0 spiro atoms. The Morgan fingerprint density at radius 3 is 2.20 bits per heavy atom. The molecule has 20 heavy (non-hydrogen) atoms. The lowest BCUT2D eigenvalue weighted by molar-refractivity contribution is 0.414. The van der Waals surface area contributed by atoms with E-state index >= 15 is 0 Å². The molecular weight excluding hydrogens is 248 g/mol. The molecule has 2 aromatic carbocycles. The molecule has 3 nitrogen and oxygen atoms in total. The second kappa shape index (κ2) is 6.74. The van der Waals surface area contributed by atoms with E-state index < -0.39 is 0 Å². The van der Waals surface area contributed by atoms with Crippen LogP contribution in [0.4, 0.5) is 0 Å². The van der Waals surface area contributed by atoms with E-state index in [4.69, 9.17) is 4.74 Å². The third-order valence-electron chi connectivity index (χ3n) is 3.29. The zero-order chi connectivity index (χ0) is 14.4. The summed E-state index contributed by atoms with van der Waals surface area (Å²) < 4.78 is 5.13. The summed E-state index contributed by atoms with van der Waals surface area (Å²) in [5, 5.41) is 12.7. The highest BCUT2D eigenvalue weighted by molar-refractivity contribution is 5.32. The van der Waals surface area contributed by atoms with Gasteiger partial charge in [-0.05, 0) is 30.2 Å². The third kappa shape index (κ3) is 3.37. The van der Waals surface area contributed by atoms with Crippen molar-refractivity contribution >= 4 is 0 Å². The summed E-state index contributed by atoms with van der Waals surface area (Å²) in [7, 11) is 1.63. The molecule has 0 bridgehead atoms. The Morgan fingerprint density at radius 1 is 1.00 bits per heavy atom. The summed E-state index contributed by atoms with van der Waals surface area (Å²) >= 11 is 0. The van der Waals surface area contributed by atoms with E-state index in [0.29, 0.717) is 0 Å². The van der Waals surface area contributed by atoms with E-state index in [1.807, 2.05) is 42.5 Å². The van der Waals surface area contributed by atoms with Gasteiger partial charge in [0.1, 0.15) is 11.8 Å². The number of hydrogen-bond donors (Lipinski definition) is 1. The van der Waals surface area contributed by atoms with Gasteiger partial charge in [-0.15, -0.1) is 0 Å². The Bertz CT molecular complexity index is 572. The average Bonchev–Trinajstić information content (AvgIpc) is 2.53. The van der Waals surface area contributed by atoms with Crippen molar-refractivity contribution in [1.82, 2.24) is 5.32 Å². The van der Waals surface area contributed by atoms with E-state index in [0.717, 1.165) is 11.3 Å². The van der Waals surface area contributed by atoms with Crippen molar-refractivity contribution in [2.45, 2.75) is 19.0 Å². The Labute approximate surface area is 119 Å². The molecule has 2 atom stereocenters. The van der Waals surface area contributed by atoms with E-state index in [-0.39, 0.29) is 12.1 Å². The maximum absolute atomic E-state index is 9.36. The van der Waals surface area contributed by atoms with Gasteiger partial charge in [-0.25, -0.2) is 0 Å². The zero-order valence-electron chi connectivity index (χ0n) is 11.7. The van der Waals surface area contributed by atoms with Crippen LogP contribution in [0.2, 0.25) is 0 Å². The maximum Gasteiger partial charge on any atom is 0.121 e. The lowest BCUT2D eigenvalue weighted by Crippen LogP contribution is -2.23. The number of ether oxygens (including phenoxy) is 1. The van der Waals surface area contributed by atoms with Crippen LogP contribution in [0.5, 0.6) is 5.75 Å². The first kappa shape index (κ1) is 14.1. The molecule has 0 aliphatic rings. The standard InChI is InChI=1S/C17H18N2O/c1-13(14-6-4-3-5-7-14)19-17(12-18)15-8-10-16(20-2)11-9-15/h3-11,13,17,19H,1-2H3/t13-,17+/m1/s1. The summed E-state index contributed by atoms with van der Waals surface area (Å²) in [6.07, 6.45) is 0. The highest BCUT2D eigenvalue weighted by atomic mass is 16.5. The summed E-state index contributed by atoms with van der Waals surface area (Å²) in [6.45, 7) is 2.06. The quantitative estimate of drug-likeness (QED) is 0.899. The van der Waals surface area contributed by atoms with Gasteiger partial charge in [0.05, 0.1) is 13.2 Å². The molecule has 0 aromatic heterocycles. The highest BCUT2D eigenvalue weighted by Crippen LogP contribution is 2.21. The SMILES string of the molecule is COc1ccc([C@H](C#N)N[C@H](C)c2ccccc2)cc1. The van der Waals surface area contributed by atoms with Gasteiger partial charge < -0.3 is 4.74 Å². The Morgan fingerprint density at radius 2 is 1.65 bits per heavy atom. The van der Waals surface area contributed by atoms with Crippen LogP contribution in [0.15, 0.2) is 54.6 Å². The molecule has 0 amide bonds. The summed E-state index contributed by atoms with van der Waals surface area (Å²) in [6, 6.07) is 19.8. The van der Waals surface area contributed by atoms with Crippen LogP contribution >= 0.6 is 0 Å². The van der Waals surface area contributed by atoms with Gasteiger partial charge in [0.15, 0.2) is 0 Å². The second-order valence-electron chi connectivity index (χ2n) is 4.63. The Hall–Kier alpha value is -2.31. The molecule has 0 saturated heterocycles. The molecule has 102 valence electrons. The molecule has 0 unspecified atom stereocenters. The molecule has 3 heteroatoms. The first-order valence-corrected chi connectivity index (χ1v) is 6.59. The molecule has 0 heterocycles. The molecule has 0 aliphatic carbocycles. The second-order valence-corrected chi connectivity index (χ2v) is 4.63. The zero-order valence-corrected chi connectivity index (χ0v) is 11.7. The fraction of sp³-hybridized carbons (Fsp3) is 0.235. The van der Waals surface area contributed by atoms with Gasteiger partial charge in [-0.3, -0.25) is 5.32 Å². The van der Waals surface area contributed by atoms with Gasteiger partial charge in [-0.1, -0.05) is 42.5 Å². The normalized spacial score (nSPS) is 13.2. The molecule has 1 N–H and O–H groups in total. The van der Waals surface area contributed by atoms with Crippen LogP contribution in [0, 0.1) is 11.3 Å². The van der Waals surface area contributed by atoms with E-state index in [9.17, 15) is 5.26 Å². The number of rotatable bonds is 5. The van der Waals surface area contributed by atoms with Gasteiger partial charge in [0.2, 0.25) is 0 Å². The van der Waals surface area contributed by atoms with Crippen molar-refractivity contribution in [3.8, 4) is 11.8 Å². The van der Waals surface area contributed by atoms with Gasteiger partial charge in [0.25, 0.3) is 0 Å². The smallest absolute Gasteiger partial charge is 0.121 e. The molecular formula is C17H18N2O. The van der Waals surface area contributed by atoms with Crippen molar-refractivity contribution in [2.24, 2.45) is 0 Å². The van der Waals surface area contributed by atoms with Gasteiger partial charge in [0, 0.05) is 6.04 Å². The van der Waals surface area contributed by atoms with Crippen molar-refractivity contribution in [2.75, 3.05) is 7.11 Å². The summed E-state index contributed by atoms with van der Waals surface area (Å²) in [5.41, 5.74) is 2.11. The first-order valence-electron chi connectivity index (χ1n) is 6.59. The maximum atomic E-state index is 9.36. The molecule has 0 aliphatic heterocycles. The van der Waals surface area contributed by atoms with E-state index in [2.05, 4.69) is 30.4 Å². The van der Waals surface area contributed by atoms with Crippen LogP contribution in [-0.4, -0.2) is 7.11 Å². The minimum atomic E-state index is -0.337. The van der Waals surface area contributed by atoms with Crippen LogP contribution < -0.4 is 10.1 Å². The Kier molecular flexibility index (Phi) is 4.75. The topological polar surface area (TPSA) is 45.0 Å². The Balaban J connectivity index is 2.11. The average molecular weight is 266 g/mol. The highest BCUT2D eigenvalue weighted by Gasteiger charge is 2.14. The molecule has 0 saturated carbocycles. The van der Waals surface area contributed by atoms with Crippen molar-refractivity contribution < 1.29 is 4.74 Å². The van der Waals surface area contributed by atoms with Crippen molar-refractivity contribution in [3.63, 3.8) is 0 Å². The number of nitrogens with zero attached hydrogens (tertiary/aromatic N) is 1. The lowest BCUT2D eigenvalue weighted by Gasteiger charge is -2.19. The summed E-state index contributed by atoms with van der Waals surface area (Å²) in [4.78, 5) is 0. The minimum absolute atomic E-state index is 0.114. The van der Waals surface area contributed by atoms with Gasteiger partial charge in [-0.2, -0.15) is 5.26 Å². The van der Waals surface area contributed by atoms with E-state index in [1.54, 1.807) is 7.11 Å². The fourth-order valence-corrected chi connectivity index (χ4v) is 2.09. The third-order valence-corrected chi connectivity index (χ3v) is 3.29. The van der Waals surface area contributed by atoms with Crippen LogP contribution in [0.3, 0.4) is 0 Å².